The summed E-state index contributed by atoms with van der Waals surface area (Å²) in [6.07, 6.45) is 11.0. The topological polar surface area (TPSA) is 51.1 Å². The summed E-state index contributed by atoms with van der Waals surface area (Å²) in [6, 6.07) is 2.05. The lowest BCUT2D eigenvalue weighted by molar-refractivity contribution is 0.221. The fourth-order valence-corrected chi connectivity index (χ4v) is 3.11. The number of hydrogen-bond donors (Lipinski definition) is 0. The van der Waals surface area contributed by atoms with E-state index in [0.717, 1.165) is 17.6 Å². The van der Waals surface area contributed by atoms with Crippen molar-refractivity contribution in [3.8, 4) is 5.88 Å². The highest BCUT2D eigenvalue weighted by atomic mass is 79.9. The minimum absolute atomic E-state index is 0.501. The largest absolute Gasteiger partial charge is 0.476 e. The van der Waals surface area contributed by atoms with Crippen LogP contribution in [0.3, 0.4) is 0 Å². The van der Waals surface area contributed by atoms with Crippen molar-refractivity contribution < 1.29 is 4.74 Å². The predicted molar refractivity (Wildman–Crippen MR) is 84.4 cm³/mol. The Labute approximate surface area is 132 Å². The molecule has 0 saturated carbocycles. The van der Waals surface area contributed by atoms with Crippen LogP contribution in [0.15, 0.2) is 41.5 Å². The molecule has 0 aromatic carbocycles. The highest BCUT2D eigenvalue weighted by Gasteiger charge is 2.22. The molecule has 3 heterocycles. The van der Waals surface area contributed by atoms with Crippen LogP contribution in [0.2, 0.25) is 0 Å². The Kier molecular flexibility index (Phi) is 4.65. The Balaban J connectivity index is 1.60. The van der Waals surface area contributed by atoms with Crippen molar-refractivity contribution in [2.75, 3.05) is 24.6 Å². The van der Waals surface area contributed by atoms with Crippen molar-refractivity contribution in [3.05, 3.63) is 41.5 Å². The molecule has 3 rings (SSSR count). The Hall–Kier alpha value is -1.69. The summed E-state index contributed by atoms with van der Waals surface area (Å²) in [7, 11) is 0. The number of piperidine rings is 1. The number of ether oxygens (including phenoxy) is 1. The summed E-state index contributed by atoms with van der Waals surface area (Å²) in [5.74, 6) is 1.10. The van der Waals surface area contributed by atoms with Crippen molar-refractivity contribution in [2.45, 2.75) is 12.8 Å². The number of pyridine rings is 1. The highest BCUT2D eigenvalue weighted by molar-refractivity contribution is 9.10. The molecule has 0 N–H and O–H groups in total. The van der Waals surface area contributed by atoms with Crippen LogP contribution >= 0.6 is 15.9 Å². The molecular weight excluding hydrogens is 332 g/mol. The second-order valence-electron chi connectivity index (χ2n) is 5.14. The van der Waals surface area contributed by atoms with Gasteiger partial charge in [0.05, 0.1) is 23.0 Å². The maximum atomic E-state index is 5.74. The molecule has 6 heteroatoms. The van der Waals surface area contributed by atoms with Gasteiger partial charge in [-0.15, -0.1) is 0 Å². The zero-order chi connectivity index (χ0) is 14.5. The van der Waals surface area contributed by atoms with Crippen LogP contribution in [0, 0.1) is 5.92 Å². The van der Waals surface area contributed by atoms with Gasteiger partial charge >= 0.3 is 0 Å². The van der Waals surface area contributed by atoms with Gasteiger partial charge in [-0.1, -0.05) is 0 Å². The third-order valence-electron chi connectivity index (χ3n) is 3.62. The van der Waals surface area contributed by atoms with Crippen LogP contribution in [0.1, 0.15) is 12.8 Å². The molecule has 0 bridgehead atoms. The van der Waals surface area contributed by atoms with Gasteiger partial charge in [-0.25, -0.2) is 4.98 Å². The standard InChI is InChI=1S/C15H17BrN4O/c16-13-8-17-4-3-14(13)20-7-1-2-12(10-20)11-21-15-9-18-5-6-19-15/h3-6,8-9,12H,1-2,7,10-11H2. The first kappa shape index (κ1) is 14.3. The maximum Gasteiger partial charge on any atom is 0.232 e. The molecule has 1 aliphatic rings. The third kappa shape index (κ3) is 3.69. The van der Waals surface area contributed by atoms with E-state index >= 15 is 0 Å². The fourth-order valence-electron chi connectivity index (χ4n) is 2.61. The van der Waals surface area contributed by atoms with Crippen molar-refractivity contribution in [1.82, 2.24) is 15.0 Å². The first-order valence-electron chi connectivity index (χ1n) is 7.06. The van der Waals surface area contributed by atoms with Crippen LogP contribution in [-0.2, 0) is 0 Å². The van der Waals surface area contributed by atoms with Gasteiger partial charge in [0.2, 0.25) is 5.88 Å². The molecular formula is C15H17BrN4O. The van der Waals surface area contributed by atoms with E-state index in [-0.39, 0.29) is 0 Å². The lowest BCUT2D eigenvalue weighted by atomic mass is 9.98. The molecule has 0 radical (unpaired) electrons. The summed E-state index contributed by atoms with van der Waals surface area (Å²) in [5, 5.41) is 0. The molecule has 2 aromatic heterocycles. The Morgan fingerprint density at radius 1 is 1.24 bits per heavy atom. The van der Waals surface area contributed by atoms with E-state index in [2.05, 4.69) is 41.8 Å². The molecule has 0 aliphatic carbocycles. The zero-order valence-electron chi connectivity index (χ0n) is 11.7. The van der Waals surface area contributed by atoms with E-state index in [1.54, 1.807) is 18.6 Å². The van der Waals surface area contributed by atoms with Gasteiger partial charge in [0.25, 0.3) is 0 Å². The van der Waals surface area contributed by atoms with Gasteiger partial charge in [0, 0.05) is 43.8 Å². The summed E-state index contributed by atoms with van der Waals surface area (Å²) in [4.78, 5) is 14.7. The van der Waals surface area contributed by atoms with Crippen molar-refractivity contribution in [3.63, 3.8) is 0 Å². The first-order valence-corrected chi connectivity index (χ1v) is 7.85. The molecule has 5 nitrogen and oxygen atoms in total. The first-order chi connectivity index (χ1) is 10.3. The molecule has 1 fully saturated rings. The van der Waals surface area contributed by atoms with Gasteiger partial charge < -0.3 is 9.64 Å². The molecule has 0 amide bonds. The van der Waals surface area contributed by atoms with Gasteiger partial charge in [-0.05, 0) is 34.8 Å². The van der Waals surface area contributed by atoms with Crippen LogP contribution < -0.4 is 9.64 Å². The monoisotopic (exact) mass is 348 g/mol. The van der Waals surface area contributed by atoms with Crippen LogP contribution in [-0.4, -0.2) is 34.6 Å². The number of halogens is 1. The van der Waals surface area contributed by atoms with Crippen LogP contribution in [0.25, 0.3) is 0 Å². The Bertz CT molecular complexity index is 581. The summed E-state index contributed by atoms with van der Waals surface area (Å²) >= 11 is 3.57. The lowest BCUT2D eigenvalue weighted by Gasteiger charge is -2.34. The summed E-state index contributed by atoms with van der Waals surface area (Å²) < 4.78 is 6.78. The molecule has 0 spiro atoms. The van der Waals surface area contributed by atoms with E-state index in [1.807, 2.05) is 12.4 Å². The molecule has 1 atom stereocenters. The predicted octanol–water partition coefficient (Wildman–Crippen LogP) is 2.93. The maximum absolute atomic E-state index is 5.74. The number of hydrogen-bond acceptors (Lipinski definition) is 5. The van der Waals surface area contributed by atoms with Gasteiger partial charge in [-0.3, -0.25) is 9.97 Å². The molecule has 1 unspecified atom stereocenters. The minimum atomic E-state index is 0.501. The van der Waals surface area contributed by atoms with E-state index < -0.39 is 0 Å². The van der Waals surface area contributed by atoms with E-state index in [0.29, 0.717) is 18.4 Å². The molecule has 110 valence electrons. The average Bonchev–Trinajstić information content (AvgIpc) is 2.55. The Morgan fingerprint density at radius 2 is 2.14 bits per heavy atom. The van der Waals surface area contributed by atoms with E-state index in [1.165, 1.54) is 18.5 Å². The smallest absolute Gasteiger partial charge is 0.232 e. The highest BCUT2D eigenvalue weighted by Crippen LogP contribution is 2.29. The van der Waals surface area contributed by atoms with Gasteiger partial charge in [0.15, 0.2) is 0 Å². The number of nitrogens with zero attached hydrogens (tertiary/aromatic N) is 4. The second kappa shape index (κ2) is 6.85. The van der Waals surface area contributed by atoms with Crippen molar-refractivity contribution >= 4 is 21.6 Å². The Morgan fingerprint density at radius 3 is 2.95 bits per heavy atom. The normalized spacial score (nSPS) is 18.5. The zero-order valence-corrected chi connectivity index (χ0v) is 13.2. The SMILES string of the molecule is Brc1cnccc1N1CCCC(COc2cnccn2)C1. The van der Waals surface area contributed by atoms with Gasteiger partial charge in [-0.2, -0.15) is 0 Å². The van der Waals surface area contributed by atoms with Crippen molar-refractivity contribution in [1.29, 1.82) is 0 Å². The van der Waals surface area contributed by atoms with Gasteiger partial charge in [0.1, 0.15) is 0 Å². The molecule has 1 saturated heterocycles. The number of anilines is 1. The van der Waals surface area contributed by atoms with E-state index in [4.69, 9.17) is 4.74 Å². The van der Waals surface area contributed by atoms with Crippen LogP contribution in [0.5, 0.6) is 5.88 Å². The number of rotatable bonds is 4. The molecule has 2 aromatic rings. The molecule has 21 heavy (non-hydrogen) atoms. The second-order valence-corrected chi connectivity index (χ2v) is 5.99. The minimum Gasteiger partial charge on any atom is -0.476 e. The van der Waals surface area contributed by atoms with E-state index in [9.17, 15) is 0 Å². The van der Waals surface area contributed by atoms with Crippen molar-refractivity contribution in [2.24, 2.45) is 5.92 Å². The lowest BCUT2D eigenvalue weighted by Crippen LogP contribution is -2.38. The third-order valence-corrected chi connectivity index (χ3v) is 4.23. The fraction of sp³-hybridized carbons (Fsp3) is 0.400. The number of aromatic nitrogens is 3. The summed E-state index contributed by atoms with van der Waals surface area (Å²) in [5.41, 5.74) is 1.20. The average molecular weight is 349 g/mol. The quantitative estimate of drug-likeness (QED) is 0.850. The summed E-state index contributed by atoms with van der Waals surface area (Å²) in [6.45, 7) is 2.74. The molecule has 1 aliphatic heterocycles. The van der Waals surface area contributed by atoms with Crippen LogP contribution in [0.4, 0.5) is 5.69 Å².